The number of ketones is 2. The lowest BCUT2D eigenvalue weighted by molar-refractivity contribution is -0.116. The van der Waals surface area contributed by atoms with Crippen LogP contribution in [0.2, 0.25) is 0 Å². The number of nitrogens with one attached hydrogen (secondary N) is 1. The van der Waals surface area contributed by atoms with Crippen molar-refractivity contribution in [2.75, 3.05) is 25.1 Å². The van der Waals surface area contributed by atoms with Crippen LogP contribution in [0.1, 0.15) is 26.2 Å². The summed E-state index contributed by atoms with van der Waals surface area (Å²) in [5.74, 6) is 1.43. The maximum Gasteiger partial charge on any atom is 0.142 e. The highest BCUT2D eigenvalue weighted by Gasteiger charge is 2.03. The molecule has 0 fully saturated rings. The number of carbonyl (C=O) groups is 2. The van der Waals surface area contributed by atoms with Gasteiger partial charge in [-0.15, -0.1) is 11.8 Å². The molecule has 0 saturated carbocycles. The molecule has 0 aromatic heterocycles. The molecule has 82 valence electrons. The number of hydrogen-bond donors (Lipinski definition) is 1. The van der Waals surface area contributed by atoms with Gasteiger partial charge in [0.1, 0.15) is 11.6 Å². The molecule has 0 saturated heterocycles. The van der Waals surface area contributed by atoms with Gasteiger partial charge in [0.25, 0.3) is 0 Å². The molecule has 0 rings (SSSR count). The molecule has 0 amide bonds. The van der Waals surface area contributed by atoms with Gasteiger partial charge in [0.05, 0.1) is 11.5 Å². The summed E-state index contributed by atoms with van der Waals surface area (Å²) in [7, 11) is 1.87. The molecule has 0 aliphatic heterocycles. The zero-order chi connectivity index (χ0) is 10.8. The molecule has 0 aromatic carbocycles. The summed E-state index contributed by atoms with van der Waals surface area (Å²) in [6, 6.07) is 0. The molecule has 0 bridgehead atoms. The number of Topliss-reactive ketones (excluding diaryl/α,β-unsaturated/α-hetero) is 2. The Morgan fingerprint density at radius 2 is 1.86 bits per heavy atom. The topological polar surface area (TPSA) is 46.2 Å². The maximum atomic E-state index is 11.2. The second-order valence-corrected chi connectivity index (χ2v) is 4.12. The van der Waals surface area contributed by atoms with E-state index in [2.05, 4.69) is 5.32 Å². The van der Waals surface area contributed by atoms with E-state index < -0.39 is 0 Å². The first-order chi connectivity index (χ1) is 6.70. The molecule has 0 unspecified atom stereocenters. The fourth-order valence-electron chi connectivity index (χ4n) is 0.915. The maximum absolute atomic E-state index is 11.2. The molecule has 4 heteroatoms. The summed E-state index contributed by atoms with van der Waals surface area (Å²) in [5.41, 5.74) is 0. The van der Waals surface area contributed by atoms with Gasteiger partial charge >= 0.3 is 0 Å². The molecule has 0 atom stereocenters. The van der Waals surface area contributed by atoms with Gasteiger partial charge in [-0.1, -0.05) is 6.92 Å². The Balaban J connectivity index is 3.31. The van der Waals surface area contributed by atoms with Crippen molar-refractivity contribution >= 4 is 23.3 Å². The van der Waals surface area contributed by atoms with Gasteiger partial charge in [0.2, 0.25) is 0 Å². The monoisotopic (exact) mass is 217 g/mol. The summed E-state index contributed by atoms with van der Waals surface area (Å²) in [5, 5.41) is 2.99. The molecule has 14 heavy (non-hydrogen) atoms. The predicted octanol–water partition coefficient (Wildman–Crippen LogP) is 1.27. The summed E-state index contributed by atoms with van der Waals surface area (Å²) >= 11 is 1.43. The van der Waals surface area contributed by atoms with Crippen LogP contribution in [0.15, 0.2) is 0 Å². The van der Waals surface area contributed by atoms with Crippen molar-refractivity contribution < 1.29 is 9.59 Å². The fourth-order valence-corrected chi connectivity index (χ4v) is 1.82. The Hall–Kier alpha value is -0.350. The van der Waals surface area contributed by atoms with Gasteiger partial charge in [0, 0.05) is 12.8 Å². The van der Waals surface area contributed by atoms with Crippen molar-refractivity contribution in [3.05, 3.63) is 0 Å². The van der Waals surface area contributed by atoms with Gasteiger partial charge in [0.15, 0.2) is 0 Å². The summed E-state index contributed by atoms with van der Waals surface area (Å²) in [4.78, 5) is 22.1. The number of hydrogen-bond acceptors (Lipinski definition) is 4. The molecular formula is C10H19NO2S. The number of thioether (sulfide) groups is 1. The highest BCUT2D eigenvalue weighted by Crippen LogP contribution is 2.04. The van der Waals surface area contributed by atoms with E-state index in [0.29, 0.717) is 24.3 Å². The predicted molar refractivity (Wildman–Crippen MR) is 60.8 cm³/mol. The Kier molecular flexibility index (Phi) is 8.98. The van der Waals surface area contributed by atoms with E-state index in [9.17, 15) is 9.59 Å². The second-order valence-electron chi connectivity index (χ2n) is 3.13. The number of rotatable bonds is 9. The highest BCUT2D eigenvalue weighted by molar-refractivity contribution is 8.00. The zero-order valence-electron chi connectivity index (χ0n) is 8.97. The van der Waals surface area contributed by atoms with Crippen molar-refractivity contribution in [2.45, 2.75) is 26.2 Å². The molecule has 1 N–H and O–H groups in total. The second kappa shape index (κ2) is 9.21. The minimum Gasteiger partial charge on any atom is -0.320 e. The zero-order valence-corrected chi connectivity index (χ0v) is 9.78. The van der Waals surface area contributed by atoms with Crippen LogP contribution in [-0.2, 0) is 9.59 Å². The lowest BCUT2D eigenvalue weighted by Gasteiger charge is -2.00. The Morgan fingerprint density at radius 1 is 1.21 bits per heavy atom. The van der Waals surface area contributed by atoms with Crippen LogP contribution < -0.4 is 5.32 Å². The van der Waals surface area contributed by atoms with Gasteiger partial charge in [-0.2, -0.15) is 0 Å². The van der Waals surface area contributed by atoms with E-state index in [1.807, 2.05) is 14.0 Å². The number of carbonyl (C=O) groups excluding carboxylic acids is 2. The third-order valence-corrected chi connectivity index (χ3v) is 2.86. The molecule has 0 aliphatic carbocycles. The minimum atomic E-state index is 0.220. The fraction of sp³-hybridized carbons (Fsp3) is 0.800. The van der Waals surface area contributed by atoms with Crippen LogP contribution in [0, 0.1) is 0 Å². The van der Waals surface area contributed by atoms with E-state index in [-0.39, 0.29) is 11.6 Å². The minimum absolute atomic E-state index is 0.220. The first-order valence-corrected chi connectivity index (χ1v) is 6.12. The van der Waals surface area contributed by atoms with E-state index >= 15 is 0 Å². The smallest absolute Gasteiger partial charge is 0.142 e. The first-order valence-electron chi connectivity index (χ1n) is 4.96. The molecule has 0 heterocycles. The normalized spacial score (nSPS) is 10.1. The van der Waals surface area contributed by atoms with Crippen LogP contribution in [0.3, 0.4) is 0 Å². The highest BCUT2D eigenvalue weighted by atomic mass is 32.2. The largest absolute Gasteiger partial charge is 0.320 e. The van der Waals surface area contributed by atoms with Gasteiger partial charge in [-0.05, 0) is 20.0 Å². The summed E-state index contributed by atoms with van der Waals surface area (Å²) < 4.78 is 0. The molecule has 0 aromatic rings. The average molecular weight is 217 g/mol. The third kappa shape index (κ3) is 8.26. The van der Waals surface area contributed by atoms with Crippen LogP contribution in [-0.4, -0.2) is 36.7 Å². The van der Waals surface area contributed by atoms with Crippen LogP contribution >= 0.6 is 11.8 Å². The standard InChI is InChI=1S/C10H19NO2S/c1-3-9(12)7-14-8-10(13)5-4-6-11-2/h11H,3-8H2,1-2H3. The molecule has 0 spiro atoms. The van der Waals surface area contributed by atoms with Crippen LogP contribution in [0.5, 0.6) is 0 Å². The van der Waals surface area contributed by atoms with E-state index in [1.54, 1.807) is 0 Å². The van der Waals surface area contributed by atoms with Crippen molar-refractivity contribution in [1.82, 2.24) is 5.32 Å². The quantitative estimate of drug-likeness (QED) is 0.591. The summed E-state index contributed by atoms with van der Waals surface area (Å²) in [6.07, 6.45) is 2.08. The van der Waals surface area contributed by atoms with Crippen molar-refractivity contribution in [2.24, 2.45) is 0 Å². The molecule has 3 nitrogen and oxygen atoms in total. The van der Waals surface area contributed by atoms with Crippen LogP contribution in [0.25, 0.3) is 0 Å². The van der Waals surface area contributed by atoms with Gasteiger partial charge < -0.3 is 5.32 Å². The van der Waals surface area contributed by atoms with E-state index in [0.717, 1.165) is 13.0 Å². The van der Waals surface area contributed by atoms with E-state index in [4.69, 9.17) is 0 Å². The molecule has 0 radical (unpaired) electrons. The Bertz CT molecular complexity index is 183. The van der Waals surface area contributed by atoms with Crippen molar-refractivity contribution in [3.63, 3.8) is 0 Å². The average Bonchev–Trinajstić information content (AvgIpc) is 2.18. The summed E-state index contributed by atoms with van der Waals surface area (Å²) in [6.45, 7) is 2.72. The molecule has 0 aliphatic rings. The lowest BCUT2D eigenvalue weighted by Crippen LogP contribution is -2.11. The SMILES string of the molecule is CCC(=O)CSCC(=O)CCCNC. The van der Waals surface area contributed by atoms with Gasteiger partial charge in [-0.3, -0.25) is 9.59 Å². The first kappa shape index (κ1) is 13.7. The van der Waals surface area contributed by atoms with E-state index in [1.165, 1.54) is 11.8 Å². The third-order valence-electron chi connectivity index (χ3n) is 1.80. The Labute approximate surface area is 90.0 Å². The van der Waals surface area contributed by atoms with Crippen molar-refractivity contribution in [1.29, 1.82) is 0 Å². The van der Waals surface area contributed by atoms with Gasteiger partial charge in [-0.25, -0.2) is 0 Å². The molecular weight excluding hydrogens is 198 g/mol. The van der Waals surface area contributed by atoms with Crippen molar-refractivity contribution in [3.8, 4) is 0 Å². The lowest BCUT2D eigenvalue weighted by atomic mass is 10.2. The Morgan fingerprint density at radius 3 is 2.43 bits per heavy atom. The van der Waals surface area contributed by atoms with Crippen LogP contribution in [0.4, 0.5) is 0 Å².